The monoisotopic (exact) mass is 311 g/mol. The van der Waals surface area contributed by atoms with Crippen molar-refractivity contribution in [2.75, 3.05) is 19.5 Å². The van der Waals surface area contributed by atoms with Crippen molar-refractivity contribution in [3.63, 3.8) is 0 Å². The van der Waals surface area contributed by atoms with Crippen LogP contribution >= 0.6 is 0 Å². The van der Waals surface area contributed by atoms with Gasteiger partial charge in [-0.3, -0.25) is 4.40 Å². The number of anilines is 1. The maximum absolute atomic E-state index is 13.5. The van der Waals surface area contributed by atoms with Crippen LogP contribution in [0.2, 0.25) is 0 Å². The lowest BCUT2D eigenvalue weighted by Crippen LogP contribution is -1.96. The molecule has 0 spiro atoms. The molecular weight excluding hydrogens is 297 g/mol. The highest BCUT2D eigenvalue weighted by Crippen LogP contribution is 2.34. The third kappa shape index (κ3) is 2.11. The molecular formula is C17H14FN3O2. The third-order valence-corrected chi connectivity index (χ3v) is 3.78. The van der Waals surface area contributed by atoms with Crippen LogP contribution in [0.3, 0.4) is 0 Å². The van der Waals surface area contributed by atoms with Gasteiger partial charge < -0.3 is 14.5 Å². The Bertz CT molecular complexity index is 1020. The molecule has 0 aliphatic carbocycles. The number of halogens is 1. The van der Waals surface area contributed by atoms with Crippen molar-refractivity contribution in [1.29, 1.82) is 0 Å². The summed E-state index contributed by atoms with van der Waals surface area (Å²) in [5.74, 6) is 1.72. The van der Waals surface area contributed by atoms with Crippen LogP contribution in [0.1, 0.15) is 0 Å². The SMILES string of the molecule is CNc1c(-c2cc3cc(OC)ccc3o2)nc2ccc(F)cn12. The smallest absolute Gasteiger partial charge is 0.157 e. The lowest BCUT2D eigenvalue weighted by atomic mass is 10.2. The van der Waals surface area contributed by atoms with Gasteiger partial charge >= 0.3 is 0 Å². The van der Waals surface area contributed by atoms with Gasteiger partial charge in [0.05, 0.1) is 7.11 Å². The lowest BCUT2D eigenvalue weighted by Gasteiger charge is -2.01. The van der Waals surface area contributed by atoms with E-state index in [1.165, 1.54) is 12.3 Å². The van der Waals surface area contributed by atoms with Gasteiger partial charge in [0, 0.05) is 18.6 Å². The van der Waals surface area contributed by atoms with E-state index in [4.69, 9.17) is 9.15 Å². The standard InChI is InChI=1S/C17H14FN3O2/c1-19-17-16(20-15-6-3-11(18)9-21(15)17)14-8-10-7-12(22-2)4-5-13(10)23-14/h3-9,19H,1-2H3. The zero-order chi connectivity index (χ0) is 16.0. The number of nitrogens with zero attached hydrogens (tertiary/aromatic N) is 2. The highest BCUT2D eigenvalue weighted by atomic mass is 19.1. The van der Waals surface area contributed by atoms with Crippen molar-refractivity contribution in [2.45, 2.75) is 0 Å². The van der Waals surface area contributed by atoms with Crippen LogP contribution in [-0.2, 0) is 0 Å². The number of nitrogens with one attached hydrogen (secondary N) is 1. The minimum atomic E-state index is -0.327. The molecule has 6 heteroatoms. The van der Waals surface area contributed by atoms with Crippen LogP contribution in [0.5, 0.6) is 5.75 Å². The van der Waals surface area contributed by atoms with Crippen LogP contribution in [-0.4, -0.2) is 23.5 Å². The zero-order valence-electron chi connectivity index (χ0n) is 12.6. The molecule has 5 nitrogen and oxygen atoms in total. The number of ether oxygens (including phenoxy) is 1. The lowest BCUT2D eigenvalue weighted by molar-refractivity contribution is 0.415. The summed E-state index contributed by atoms with van der Waals surface area (Å²) in [5.41, 5.74) is 2.02. The minimum Gasteiger partial charge on any atom is -0.497 e. The fourth-order valence-electron chi connectivity index (χ4n) is 2.69. The average Bonchev–Trinajstić information content (AvgIpc) is 3.14. The maximum atomic E-state index is 13.5. The van der Waals surface area contributed by atoms with Crippen molar-refractivity contribution >= 4 is 22.4 Å². The van der Waals surface area contributed by atoms with E-state index in [-0.39, 0.29) is 5.82 Å². The maximum Gasteiger partial charge on any atom is 0.157 e. The number of aromatic nitrogens is 2. The molecule has 4 aromatic rings. The Morgan fingerprint density at radius 2 is 2.09 bits per heavy atom. The normalized spacial score (nSPS) is 11.3. The average molecular weight is 311 g/mol. The molecule has 0 bridgehead atoms. The van der Waals surface area contributed by atoms with Crippen LogP contribution < -0.4 is 10.1 Å². The number of fused-ring (bicyclic) bond motifs is 2. The first-order valence-corrected chi connectivity index (χ1v) is 7.13. The van der Waals surface area contributed by atoms with Crippen molar-refractivity contribution in [3.05, 3.63) is 48.4 Å². The molecule has 4 rings (SSSR count). The first-order valence-electron chi connectivity index (χ1n) is 7.13. The summed E-state index contributed by atoms with van der Waals surface area (Å²) < 4.78 is 26.3. The molecule has 0 saturated carbocycles. The second kappa shape index (κ2) is 5.01. The van der Waals surface area contributed by atoms with Gasteiger partial charge in [-0.15, -0.1) is 0 Å². The third-order valence-electron chi connectivity index (χ3n) is 3.78. The molecule has 1 aromatic carbocycles. The van der Waals surface area contributed by atoms with E-state index in [0.29, 0.717) is 22.9 Å². The molecule has 3 heterocycles. The number of pyridine rings is 1. The van der Waals surface area contributed by atoms with Gasteiger partial charge in [-0.1, -0.05) is 0 Å². The van der Waals surface area contributed by atoms with Gasteiger partial charge in [0.1, 0.15) is 34.3 Å². The first kappa shape index (κ1) is 13.6. The predicted octanol–water partition coefficient (Wildman–Crippen LogP) is 3.94. The Morgan fingerprint density at radius 3 is 2.87 bits per heavy atom. The van der Waals surface area contributed by atoms with Gasteiger partial charge in [-0.2, -0.15) is 0 Å². The second-order valence-corrected chi connectivity index (χ2v) is 5.15. The number of furan rings is 1. The van der Waals surface area contributed by atoms with Gasteiger partial charge in [0.25, 0.3) is 0 Å². The van der Waals surface area contributed by atoms with Crippen LogP contribution in [0.15, 0.2) is 47.0 Å². The van der Waals surface area contributed by atoms with Crippen LogP contribution in [0, 0.1) is 5.82 Å². The fraction of sp³-hybridized carbons (Fsp3) is 0.118. The summed E-state index contributed by atoms with van der Waals surface area (Å²) in [7, 11) is 3.39. The topological polar surface area (TPSA) is 51.7 Å². The number of hydrogen-bond acceptors (Lipinski definition) is 4. The van der Waals surface area contributed by atoms with E-state index in [2.05, 4.69) is 10.3 Å². The fourth-order valence-corrected chi connectivity index (χ4v) is 2.69. The molecule has 23 heavy (non-hydrogen) atoms. The first-order chi connectivity index (χ1) is 11.2. The van der Waals surface area contributed by atoms with Crippen molar-refractivity contribution in [1.82, 2.24) is 9.38 Å². The van der Waals surface area contributed by atoms with E-state index in [9.17, 15) is 4.39 Å². The summed E-state index contributed by atoms with van der Waals surface area (Å²) in [4.78, 5) is 4.54. The predicted molar refractivity (Wildman–Crippen MR) is 86.5 cm³/mol. The molecule has 0 saturated heterocycles. The molecule has 0 atom stereocenters. The van der Waals surface area contributed by atoms with Gasteiger partial charge in [0.15, 0.2) is 5.76 Å². The highest BCUT2D eigenvalue weighted by Gasteiger charge is 2.17. The summed E-state index contributed by atoms with van der Waals surface area (Å²) in [6.07, 6.45) is 1.39. The largest absolute Gasteiger partial charge is 0.497 e. The zero-order valence-corrected chi connectivity index (χ0v) is 12.6. The van der Waals surface area contributed by atoms with Crippen molar-refractivity contribution < 1.29 is 13.5 Å². The summed E-state index contributed by atoms with van der Waals surface area (Å²) >= 11 is 0. The quantitative estimate of drug-likeness (QED) is 0.623. The molecule has 3 aromatic heterocycles. The molecule has 1 N–H and O–H groups in total. The summed E-state index contributed by atoms with van der Waals surface area (Å²) in [6.45, 7) is 0. The Morgan fingerprint density at radius 1 is 1.22 bits per heavy atom. The van der Waals surface area contributed by atoms with E-state index in [1.54, 1.807) is 24.6 Å². The van der Waals surface area contributed by atoms with Crippen LogP contribution in [0.25, 0.3) is 28.1 Å². The number of rotatable bonds is 3. The second-order valence-electron chi connectivity index (χ2n) is 5.15. The Balaban J connectivity index is 1.94. The molecule has 0 amide bonds. The van der Waals surface area contributed by atoms with E-state index in [1.807, 2.05) is 24.3 Å². The van der Waals surface area contributed by atoms with E-state index < -0.39 is 0 Å². The van der Waals surface area contributed by atoms with Crippen molar-refractivity contribution in [2.24, 2.45) is 0 Å². The number of benzene rings is 1. The van der Waals surface area contributed by atoms with Gasteiger partial charge in [-0.25, -0.2) is 9.37 Å². The van der Waals surface area contributed by atoms with E-state index >= 15 is 0 Å². The molecule has 0 unspecified atom stereocenters. The molecule has 116 valence electrons. The Hall–Kier alpha value is -3.02. The Kier molecular flexibility index (Phi) is 2.97. The molecule has 0 radical (unpaired) electrons. The Labute approximate surface area is 131 Å². The summed E-state index contributed by atoms with van der Waals surface area (Å²) in [5, 5.41) is 3.98. The number of methoxy groups -OCH3 is 1. The van der Waals surface area contributed by atoms with Gasteiger partial charge in [-0.05, 0) is 36.4 Å². The van der Waals surface area contributed by atoms with Crippen molar-refractivity contribution in [3.8, 4) is 17.2 Å². The number of hydrogen-bond donors (Lipinski definition) is 1. The van der Waals surface area contributed by atoms with Gasteiger partial charge in [0.2, 0.25) is 0 Å². The van der Waals surface area contributed by atoms with Crippen LogP contribution in [0.4, 0.5) is 10.2 Å². The summed E-state index contributed by atoms with van der Waals surface area (Å²) in [6, 6.07) is 10.5. The minimum absolute atomic E-state index is 0.327. The molecule has 0 aliphatic rings. The molecule has 0 aliphatic heterocycles. The van der Waals surface area contributed by atoms with E-state index in [0.717, 1.165) is 16.7 Å². The highest BCUT2D eigenvalue weighted by molar-refractivity contribution is 5.86. The molecule has 0 fully saturated rings. The number of imidazole rings is 1.